The summed E-state index contributed by atoms with van der Waals surface area (Å²) >= 11 is 6.02. The fraction of sp³-hybridized carbons (Fsp3) is 0.227. The molecule has 9 heteroatoms. The number of nitrogens with zero attached hydrogens (tertiary/aromatic N) is 2. The van der Waals surface area contributed by atoms with Crippen LogP contribution in [0, 0.1) is 5.82 Å². The van der Waals surface area contributed by atoms with Crippen LogP contribution < -0.4 is 10.6 Å². The molecule has 2 aromatic heterocycles. The van der Waals surface area contributed by atoms with Gasteiger partial charge in [-0.3, -0.25) is 14.8 Å². The summed E-state index contributed by atoms with van der Waals surface area (Å²) < 4.78 is 14.3. The smallest absolute Gasteiger partial charge is 0.255 e. The van der Waals surface area contributed by atoms with Crippen molar-refractivity contribution >= 4 is 28.9 Å². The Morgan fingerprint density at radius 1 is 1.16 bits per heavy atom. The van der Waals surface area contributed by atoms with Crippen LogP contribution in [0.1, 0.15) is 22.8 Å². The Kier molecular flexibility index (Phi) is 7.51. The van der Waals surface area contributed by atoms with Crippen LogP contribution in [0.15, 0.2) is 48.9 Å². The van der Waals surface area contributed by atoms with Gasteiger partial charge in [0.15, 0.2) is 0 Å². The van der Waals surface area contributed by atoms with Gasteiger partial charge in [-0.15, -0.1) is 0 Å². The van der Waals surface area contributed by atoms with Crippen molar-refractivity contribution < 1.29 is 19.4 Å². The zero-order valence-electron chi connectivity index (χ0n) is 16.8. The minimum Gasteiger partial charge on any atom is -0.394 e. The maximum absolute atomic E-state index is 14.3. The van der Waals surface area contributed by atoms with E-state index in [9.17, 15) is 19.4 Å². The molecular weight excluding hydrogens is 423 g/mol. The van der Waals surface area contributed by atoms with E-state index < -0.39 is 31.0 Å². The normalized spacial score (nSPS) is 10.9. The fourth-order valence-corrected chi connectivity index (χ4v) is 3.14. The Hall–Kier alpha value is -3.07. The quantitative estimate of drug-likeness (QED) is 0.424. The number of benzene rings is 1. The van der Waals surface area contributed by atoms with E-state index in [1.54, 1.807) is 18.3 Å². The van der Waals surface area contributed by atoms with Crippen molar-refractivity contribution in [3.05, 3.63) is 70.9 Å². The second-order valence-electron chi connectivity index (χ2n) is 6.79. The lowest BCUT2D eigenvalue weighted by Gasteiger charge is -2.17. The Balaban J connectivity index is 1.98. The molecule has 1 amide bonds. The molecule has 3 rings (SSSR count). The molecule has 4 N–H and O–H groups in total. The predicted octanol–water partition coefficient (Wildman–Crippen LogP) is 3.33. The third-order valence-electron chi connectivity index (χ3n) is 4.68. The van der Waals surface area contributed by atoms with Crippen LogP contribution in [0.3, 0.4) is 0 Å². The molecule has 0 spiro atoms. The molecule has 0 aliphatic carbocycles. The highest BCUT2D eigenvalue weighted by Gasteiger charge is 2.17. The average Bonchev–Trinajstić information content (AvgIpc) is 2.79. The van der Waals surface area contributed by atoms with Crippen molar-refractivity contribution in [1.82, 2.24) is 15.3 Å². The van der Waals surface area contributed by atoms with Crippen LogP contribution in [0.5, 0.6) is 0 Å². The zero-order chi connectivity index (χ0) is 22.4. The zero-order valence-corrected chi connectivity index (χ0v) is 17.5. The molecule has 7 nitrogen and oxygen atoms in total. The maximum atomic E-state index is 14.3. The third kappa shape index (κ3) is 5.35. The summed E-state index contributed by atoms with van der Waals surface area (Å²) in [7, 11) is 0. The van der Waals surface area contributed by atoms with E-state index in [0.717, 1.165) is 5.56 Å². The van der Waals surface area contributed by atoms with E-state index in [1.807, 2.05) is 6.92 Å². The Labute approximate surface area is 183 Å². The van der Waals surface area contributed by atoms with Gasteiger partial charge in [0, 0.05) is 34.9 Å². The van der Waals surface area contributed by atoms with E-state index in [-0.39, 0.29) is 11.1 Å². The number of carbonyl (C=O) groups is 1. The van der Waals surface area contributed by atoms with Gasteiger partial charge < -0.3 is 20.8 Å². The molecule has 0 fully saturated rings. The van der Waals surface area contributed by atoms with E-state index in [4.69, 9.17) is 11.6 Å². The van der Waals surface area contributed by atoms with Crippen LogP contribution in [0.4, 0.5) is 15.8 Å². The van der Waals surface area contributed by atoms with Crippen molar-refractivity contribution in [2.45, 2.75) is 19.4 Å². The molecule has 0 aliphatic heterocycles. The van der Waals surface area contributed by atoms with Crippen molar-refractivity contribution in [2.75, 3.05) is 18.5 Å². The number of rotatable bonds is 8. The molecule has 0 saturated heterocycles. The minimum absolute atomic E-state index is 0.226. The van der Waals surface area contributed by atoms with Gasteiger partial charge >= 0.3 is 0 Å². The molecule has 0 unspecified atom stereocenters. The van der Waals surface area contributed by atoms with Crippen LogP contribution in [-0.2, 0) is 6.42 Å². The SMILES string of the molecule is CCc1cnc(-c2cc(Cl)ccc2F)cc1Nc1ccncc1C(=O)NC(CO)CO. The largest absolute Gasteiger partial charge is 0.394 e. The average molecular weight is 445 g/mol. The molecule has 0 bridgehead atoms. The van der Waals surface area contributed by atoms with Crippen molar-refractivity contribution in [2.24, 2.45) is 0 Å². The number of pyridine rings is 2. The molecule has 3 aromatic rings. The van der Waals surface area contributed by atoms with E-state index >= 15 is 0 Å². The maximum Gasteiger partial charge on any atom is 0.255 e. The Bertz CT molecular complexity index is 1080. The number of anilines is 2. The van der Waals surface area contributed by atoms with E-state index in [2.05, 4.69) is 20.6 Å². The second-order valence-corrected chi connectivity index (χ2v) is 7.22. The van der Waals surface area contributed by atoms with Gasteiger partial charge in [0.2, 0.25) is 0 Å². The number of nitrogens with one attached hydrogen (secondary N) is 2. The molecular formula is C22H22ClFN4O3. The van der Waals surface area contributed by atoms with Crippen LogP contribution in [-0.4, -0.2) is 45.3 Å². The molecule has 1 aromatic carbocycles. The number of aryl methyl sites for hydroxylation is 1. The number of amides is 1. The molecule has 0 atom stereocenters. The highest BCUT2D eigenvalue weighted by Crippen LogP contribution is 2.30. The van der Waals surface area contributed by atoms with Gasteiger partial charge in [0.25, 0.3) is 5.91 Å². The van der Waals surface area contributed by atoms with Gasteiger partial charge in [-0.2, -0.15) is 0 Å². The Morgan fingerprint density at radius 3 is 2.65 bits per heavy atom. The van der Waals surface area contributed by atoms with Gasteiger partial charge in [-0.05, 0) is 42.3 Å². The van der Waals surface area contributed by atoms with Crippen LogP contribution in [0.2, 0.25) is 5.02 Å². The number of halogens is 2. The molecule has 0 aliphatic rings. The first-order chi connectivity index (χ1) is 15.0. The molecule has 0 radical (unpaired) electrons. The number of carbonyl (C=O) groups excluding carboxylic acids is 1. The summed E-state index contributed by atoms with van der Waals surface area (Å²) in [4.78, 5) is 21.0. The topological polar surface area (TPSA) is 107 Å². The molecule has 2 heterocycles. The second kappa shape index (κ2) is 10.3. The summed E-state index contributed by atoms with van der Waals surface area (Å²) in [5, 5.41) is 24.6. The fourth-order valence-electron chi connectivity index (χ4n) is 2.96. The number of hydrogen-bond donors (Lipinski definition) is 4. The van der Waals surface area contributed by atoms with Crippen molar-refractivity contribution in [3.8, 4) is 11.3 Å². The predicted molar refractivity (Wildman–Crippen MR) is 117 cm³/mol. The lowest BCUT2D eigenvalue weighted by Crippen LogP contribution is -2.40. The summed E-state index contributed by atoms with van der Waals surface area (Å²) in [6, 6.07) is 6.79. The number of hydrogen-bond acceptors (Lipinski definition) is 6. The van der Waals surface area contributed by atoms with Gasteiger partial charge in [-0.25, -0.2) is 4.39 Å². The van der Waals surface area contributed by atoms with E-state index in [0.29, 0.717) is 28.5 Å². The lowest BCUT2D eigenvalue weighted by atomic mass is 10.1. The van der Waals surface area contributed by atoms with E-state index in [1.165, 1.54) is 30.6 Å². The number of aliphatic hydroxyl groups is 2. The standard InChI is InChI=1S/C22H22ClFN4O3/c1-2-13-9-26-21(16-7-14(23)3-4-18(16)24)8-20(13)28-19-5-6-25-10-17(19)22(31)27-15(11-29)12-30/h3-10,15,29-30H,2,11-12H2,1H3,(H,27,31)(H,25,26,28). The highest BCUT2D eigenvalue weighted by atomic mass is 35.5. The minimum atomic E-state index is -0.787. The van der Waals surface area contributed by atoms with Gasteiger partial charge in [-0.1, -0.05) is 18.5 Å². The summed E-state index contributed by atoms with van der Waals surface area (Å²) in [5.41, 5.74) is 2.84. The molecule has 31 heavy (non-hydrogen) atoms. The monoisotopic (exact) mass is 444 g/mol. The lowest BCUT2D eigenvalue weighted by molar-refractivity contribution is 0.0880. The Morgan fingerprint density at radius 2 is 1.94 bits per heavy atom. The first-order valence-electron chi connectivity index (χ1n) is 9.64. The third-order valence-corrected chi connectivity index (χ3v) is 4.92. The van der Waals surface area contributed by atoms with Crippen molar-refractivity contribution in [3.63, 3.8) is 0 Å². The summed E-state index contributed by atoms with van der Waals surface area (Å²) in [6.07, 6.45) is 5.21. The highest BCUT2D eigenvalue weighted by molar-refractivity contribution is 6.30. The van der Waals surface area contributed by atoms with Crippen molar-refractivity contribution in [1.29, 1.82) is 0 Å². The number of aromatic nitrogens is 2. The summed E-state index contributed by atoms with van der Waals surface area (Å²) in [6.45, 7) is 1.16. The molecule has 0 saturated carbocycles. The van der Waals surface area contributed by atoms with Gasteiger partial charge in [0.05, 0.1) is 36.2 Å². The van der Waals surface area contributed by atoms with Crippen LogP contribution >= 0.6 is 11.6 Å². The van der Waals surface area contributed by atoms with Crippen LogP contribution in [0.25, 0.3) is 11.3 Å². The first kappa shape index (κ1) is 22.6. The number of aliphatic hydroxyl groups excluding tert-OH is 2. The molecule has 162 valence electrons. The first-order valence-corrected chi connectivity index (χ1v) is 10.0. The summed E-state index contributed by atoms with van der Waals surface area (Å²) in [5.74, 6) is -0.952. The van der Waals surface area contributed by atoms with Gasteiger partial charge in [0.1, 0.15) is 5.82 Å².